The molecule has 5 aromatic rings. The molecule has 0 fully saturated rings. The van der Waals surface area contributed by atoms with Crippen molar-refractivity contribution in [3.63, 3.8) is 0 Å². The summed E-state index contributed by atoms with van der Waals surface area (Å²) in [7, 11) is 0. The van der Waals surface area contributed by atoms with Crippen LogP contribution in [0.2, 0.25) is 0 Å². The number of carboxylic acids is 1. The number of ether oxygens (including phenoxy) is 1. The third-order valence-corrected chi connectivity index (χ3v) is 7.17. The van der Waals surface area contributed by atoms with E-state index in [-0.39, 0.29) is 18.9 Å². The van der Waals surface area contributed by atoms with Crippen molar-refractivity contribution in [1.29, 1.82) is 0 Å². The first-order chi connectivity index (χ1) is 19.5. The number of nitrogens with zero attached hydrogens (tertiary/aromatic N) is 4. The highest BCUT2D eigenvalue weighted by molar-refractivity contribution is 7.15. The molecular weight excluding hydrogens is 526 g/mol. The Balaban J connectivity index is 1.29. The molecule has 1 amide bonds. The van der Waals surface area contributed by atoms with Crippen molar-refractivity contribution in [3.05, 3.63) is 113 Å². The number of hydrogen-bond donors (Lipinski definition) is 2. The molecule has 0 aliphatic rings. The van der Waals surface area contributed by atoms with Gasteiger partial charge in [0.1, 0.15) is 11.6 Å². The largest absolute Gasteiger partial charge is 0.481 e. The molecule has 3 heterocycles. The number of pyridine rings is 1. The minimum absolute atomic E-state index is 0.213. The molecule has 0 aliphatic heterocycles. The predicted molar refractivity (Wildman–Crippen MR) is 151 cm³/mol. The SMILES string of the molecule is Cc1nc(COc2ncccn2)sc1-c1cccc(-c2ccc(C(=O)NC(CC(=O)O)c3ccccc3)cc2)n1. The number of aromatic nitrogens is 4. The number of hydrogen-bond acceptors (Lipinski definition) is 8. The van der Waals surface area contributed by atoms with E-state index in [1.807, 2.05) is 55.5 Å². The van der Waals surface area contributed by atoms with Gasteiger partial charge in [-0.25, -0.2) is 19.9 Å². The number of aryl methyl sites for hydroxylation is 1. The van der Waals surface area contributed by atoms with Crippen molar-refractivity contribution in [3.8, 4) is 27.8 Å². The lowest BCUT2D eigenvalue weighted by Crippen LogP contribution is -2.30. The lowest BCUT2D eigenvalue weighted by atomic mass is 10.0. The van der Waals surface area contributed by atoms with Gasteiger partial charge in [-0.3, -0.25) is 9.59 Å². The highest BCUT2D eigenvalue weighted by Crippen LogP contribution is 2.31. The molecule has 0 saturated heterocycles. The van der Waals surface area contributed by atoms with E-state index in [4.69, 9.17) is 9.72 Å². The summed E-state index contributed by atoms with van der Waals surface area (Å²) in [5, 5.41) is 12.9. The molecule has 40 heavy (non-hydrogen) atoms. The van der Waals surface area contributed by atoms with E-state index in [1.54, 1.807) is 42.7 Å². The fourth-order valence-electron chi connectivity index (χ4n) is 4.11. The van der Waals surface area contributed by atoms with E-state index in [0.717, 1.165) is 38.1 Å². The topological polar surface area (TPSA) is 127 Å². The van der Waals surface area contributed by atoms with Crippen molar-refractivity contribution in [1.82, 2.24) is 25.3 Å². The van der Waals surface area contributed by atoms with Crippen molar-refractivity contribution in [2.75, 3.05) is 0 Å². The molecule has 0 spiro atoms. The van der Waals surface area contributed by atoms with Gasteiger partial charge in [-0.15, -0.1) is 11.3 Å². The minimum Gasteiger partial charge on any atom is -0.481 e. The zero-order valence-electron chi connectivity index (χ0n) is 21.5. The Kier molecular flexibility index (Phi) is 8.17. The number of benzene rings is 2. The zero-order valence-corrected chi connectivity index (χ0v) is 22.3. The molecule has 200 valence electrons. The summed E-state index contributed by atoms with van der Waals surface area (Å²) in [6.07, 6.45) is 3.03. The lowest BCUT2D eigenvalue weighted by molar-refractivity contribution is -0.137. The number of carbonyl (C=O) groups excluding carboxylic acids is 1. The van der Waals surface area contributed by atoms with Crippen LogP contribution in [0.4, 0.5) is 0 Å². The Labute approximate surface area is 234 Å². The summed E-state index contributed by atoms with van der Waals surface area (Å²) < 4.78 is 5.63. The average molecular weight is 552 g/mol. The molecule has 2 N–H and O–H groups in total. The number of carbonyl (C=O) groups is 2. The smallest absolute Gasteiger partial charge is 0.316 e. The second kappa shape index (κ2) is 12.3. The number of rotatable bonds is 10. The van der Waals surface area contributed by atoms with Gasteiger partial charge < -0.3 is 15.2 Å². The van der Waals surface area contributed by atoms with Gasteiger partial charge in [0.2, 0.25) is 0 Å². The van der Waals surface area contributed by atoms with Gasteiger partial charge in [-0.1, -0.05) is 48.5 Å². The Hall–Kier alpha value is -4.96. The number of carboxylic acid groups (broad SMARTS) is 1. The number of amides is 1. The Bertz CT molecular complexity index is 1610. The van der Waals surface area contributed by atoms with Crippen LogP contribution in [0.5, 0.6) is 6.01 Å². The second-order valence-corrected chi connectivity index (χ2v) is 9.95. The first-order valence-corrected chi connectivity index (χ1v) is 13.3. The molecule has 1 atom stereocenters. The Morgan fingerprint density at radius 2 is 1.62 bits per heavy atom. The quantitative estimate of drug-likeness (QED) is 0.233. The minimum atomic E-state index is -0.989. The highest BCUT2D eigenvalue weighted by Gasteiger charge is 2.19. The summed E-state index contributed by atoms with van der Waals surface area (Å²) >= 11 is 1.50. The van der Waals surface area contributed by atoms with Crippen LogP contribution in [0.3, 0.4) is 0 Å². The van der Waals surface area contributed by atoms with Crippen LogP contribution in [0.15, 0.2) is 91.3 Å². The van der Waals surface area contributed by atoms with Crippen LogP contribution < -0.4 is 10.1 Å². The molecule has 0 radical (unpaired) electrons. The van der Waals surface area contributed by atoms with Gasteiger partial charge in [-0.05, 0) is 42.8 Å². The summed E-state index contributed by atoms with van der Waals surface area (Å²) in [6, 6.07) is 23.3. The summed E-state index contributed by atoms with van der Waals surface area (Å²) in [5.41, 5.74) is 4.39. The maximum atomic E-state index is 12.9. The normalized spacial score (nSPS) is 11.5. The first-order valence-electron chi connectivity index (χ1n) is 12.5. The van der Waals surface area contributed by atoms with Gasteiger partial charge in [0.25, 0.3) is 5.91 Å². The summed E-state index contributed by atoms with van der Waals surface area (Å²) in [5.74, 6) is -1.34. The number of thiazole rings is 1. The van der Waals surface area contributed by atoms with Gasteiger partial charge >= 0.3 is 12.0 Å². The van der Waals surface area contributed by atoms with Crippen LogP contribution in [-0.2, 0) is 11.4 Å². The molecule has 10 heteroatoms. The van der Waals surface area contributed by atoms with E-state index in [1.165, 1.54) is 11.3 Å². The third kappa shape index (κ3) is 6.54. The Morgan fingerprint density at radius 3 is 2.35 bits per heavy atom. The van der Waals surface area contributed by atoms with E-state index in [0.29, 0.717) is 11.6 Å². The standard InChI is InChI=1S/C30H25N5O4S/c1-19-28(40-26(33-19)18-39-30-31-15-6-16-32-30)24-10-5-9-23(34-24)21-11-13-22(14-12-21)29(38)35-25(17-27(36)37)20-7-3-2-4-8-20/h2-16,25H,17-18H2,1H3,(H,35,38)(H,36,37). The molecule has 9 nitrogen and oxygen atoms in total. The fraction of sp³-hybridized carbons (Fsp3) is 0.133. The highest BCUT2D eigenvalue weighted by atomic mass is 32.1. The van der Waals surface area contributed by atoms with Crippen LogP contribution >= 0.6 is 11.3 Å². The van der Waals surface area contributed by atoms with Crippen LogP contribution in [0.25, 0.3) is 21.8 Å². The third-order valence-electron chi connectivity index (χ3n) is 6.02. The van der Waals surface area contributed by atoms with Gasteiger partial charge in [-0.2, -0.15) is 0 Å². The van der Waals surface area contributed by atoms with Gasteiger partial charge in [0.05, 0.1) is 34.4 Å². The molecule has 3 aromatic heterocycles. The molecule has 0 saturated carbocycles. The fourth-order valence-corrected chi connectivity index (χ4v) is 5.05. The van der Waals surface area contributed by atoms with Crippen LogP contribution in [-0.4, -0.2) is 36.9 Å². The van der Waals surface area contributed by atoms with Crippen molar-refractivity contribution in [2.45, 2.75) is 26.0 Å². The number of aliphatic carboxylic acids is 1. The van der Waals surface area contributed by atoms with Crippen LogP contribution in [0, 0.1) is 6.92 Å². The molecular formula is C30H25N5O4S. The van der Waals surface area contributed by atoms with E-state index in [2.05, 4.69) is 20.3 Å². The van der Waals surface area contributed by atoms with E-state index >= 15 is 0 Å². The molecule has 5 rings (SSSR count). The maximum Gasteiger partial charge on any atom is 0.316 e. The zero-order chi connectivity index (χ0) is 27.9. The average Bonchev–Trinajstić information content (AvgIpc) is 3.37. The van der Waals surface area contributed by atoms with E-state index < -0.39 is 12.0 Å². The summed E-state index contributed by atoms with van der Waals surface area (Å²) in [6.45, 7) is 2.19. The Morgan fingerprint density at radius 1 is 0.900 bits per heavy atom. The van der Waals surface area contributed by atoms with E-state index in [9.17, 15) is 14.7 Å². The van der Waals surface area contributed by atoms with Crippen molar-refractivity contribution in [2.24, 2.45) is 0 Å². The maximum absolute atomic E-state index is 12.9. The summed E-state index contributed by atoms with van der Waals surface area (Å²) in [4.78, 5) is 42.8. The van der Waals surface area contributed by atoms with Crippen LogP contribution in [0.1, 0.15) is 39.1 Å². The number of nitrogens with one attached hydrogen (secondary N) is 1. The lowest BCUT2D eigenvalue weighted by Gasteiger charge is -2.17. The molecule has 2 aromatic carbocycles. The predicted octanol–water partition coefficient (Wildman–Crippen LogP) is 5.50. The monoisotopic (exact) mass is 551 g/mol. The second-order valence-electron chi connectivity index (χ2n) is 8.86. The first kappa shape index (κ1) is 26.6. The molecule has 0 bridgehead atoms. The van der Waals surface area contributed by atoms with Crippen molar-refractivity contribution >= 4 is 23.2 Å². The molecule has 1 unspecified atom stereocenters. The van der Waals surface area contributed by atoms with Gasteiger partial charge in [0, 0.05) is 23.5 Å². The molecule has 0 aliphatic carbocycles. The van der Waals surface area contributed by atoms with Gasteiger partial charge in [0.15, 0.2) is 0 Å². The van der Waals surface area contributed by atoms with Crippen molar-refractivity contribution < 1.29 is 19.4 Å².